The summed E-state index contributed by atoms with van der Waals surface area (Å²) < 4.78 is 9.84. The lowest BCUT2D eigenvalue weighted by atomic mass is 10.1. The zero-order chi connectivity index (χ0) is 17.4. The van der Waals surface area contributed by atoms with Crippen LogP contribution >= 0.6 is 11.3 Å². The van der Waals surface area contributed by atoms with Crippen molar-refractivity contribution in [1.82, 2.24) is 0 Å². The zero-order valence-electron chi connectivity index (χ0n) is 13.7. The number of carbonyl (C=O) groups is 3. The topological polar surface area (TPSA) is 81.7 Å². The van der Waals surface area contributed by atoms with Crippen molar-refractivity contribution in [3.05, 3.63) is 28.2 Å². The molecule has 1 heterocycles. The number of rotatable bonds is 7. The number of aryl methyl sites for hydroxylation is 1. The van der Waals surface area contributed by atoms with E-state index >= 15 is 0 Å². The first-order chi connectivity index (χ1) is 10.9. The smallest absolute Gasteiger partial charge is 0.341 e. The van der Waals surface area contributed by atoms with Gasteiger partial charge in [-0.25, -0.2) is 9.59 Å². The Morgan fingerprint density at radius 1 is 1.22 bits per heavy atom. The number of hydrogen-bond donors (Lipinski definition) is 1. The Labute approximate surface area is 139 Å². The molecule has 1 N–H and O–H groups in total. The molecule has 0 aliphatic rings. The highest BCUT2D eigenvalue weighted by Gasteiger charge is 2.23. The number of hydrogen-bond acceptors (Lipinski definition) is 6. The average Bonchev–Trinajstić information content (AvgIpc) is 2.81. The van der Waals surface area contributed by atoms with Crippen LogP contribution in [0.5, 0.6) is 0 Å². The molecule has 0 fully saturated rings. The number of allylic oxidation sites excluding steroid dienone is 1. The number of ether oxygens (including phenoxy) is 2. The van der Waals surface area contributed by atoms with Crippen LogP contribution in [0.2, 0.25) is 0 Å². The van der Waals surface area contributed by atoms with Gasteiger partial charge in [0.15, 0.2) is 6.61 Å². The highest BCUT2D eigenvalue weighted by molar-refractivity contribution is 7.16. The van der Waals surface area contributed by atoms with E-state index < -0.39 is 24.5 Å². The summed E-state index contributed by atoms with van der Waals surface area (Å²) in [4.78, 5) is 36.2. The molecule has 0 saturated carbocycles. The molecule has 1 aromatic rings. The van der Waals surface area contributed by atoms with Gasteiger partial charge >= 0.3 is 11.9 Å². The van der Waals surface area contributed by atoms with Crippen molar-refractivity contribution in [3.8, 4) is 0 Å². The molecule has 6 nitrogen and oxygen atoms in total. The largest absolute Gasteiger partial charge is 0.462 e. The van der Waals surface area contributed by atoms with Crippen LogP contribution in [0.3, 0.4) is 0 Å². The fourth-order valence-electron chi connectivity index (χ4n) is 2.00. The van der Waals surface area contributed by atoms with E-state index in [1.807, 2.05) is 13.8 Å². The second kappa shape index (κ2) is 9.09. The van der Waals surface area contributed by atoms with Crippen LogP contribution in [0.15, 0.2) is 12.2 Å². The van der Waals surface area contributed by atoms with Gasteiger partial charge in [-0.3, -0.25) is 4.79 Å². The monoisotopic (exact) mass is 339 g/mol. The van der Waals surface area contributed by atoms with Crippen LogP contribution in [0.1, 0.15) is 41.6 Å². The first kappa shape index (κ1) is 18.9. The van der Waals surface area contributed by atoms with Gasteiger partial charge in [-0.1, -0.05) is 13.0 Å². The molecule has 126 valence electrons. The summed E-state index contributed by atoms with van der Waals surface area (Å²) in [6.45, 7) is 7.06. The van der Waals surface area contributed by atoms with Gasteiger partial charge in [0.2, 0.25) is 0 Å². The van der Waals surface area contributed by atoms with Gasteiger partial charge in [-0.2, -0.15) is 0 Å². The van der Waals surface area contributed by atoms with E-state index in [9.17, 15) is 14.4 Å². The van der Waals surface area contributed by atoms with Crippen molar-refractivity contribution < 1.29 is 23.9 Å². The average molecular weight is 339 g/mol. The summed E-state index contributed by atoms with van der Waals surface area (Å²) in [6, 6.07) is 0. The Kier molecular flexibility index (Phi) is 7.47. The van der Waals surface area contributed by atoms with E-state index in [1.54, 1.807) is 13.8 Å². The first-order valence-corrected chi connectivity index (χ1v) is 8.14. The van der Waals surface area contributed by atoms with Crippen LogP contribution in [0.4, 0.5) is 5.00 Å². The molecular weight excluding hydrogens is 318 g/mol. The van der Waals surface area contributed by atoms with Crippen molar-refractivity contribution in [1.29, 1.82) is 0 Å². The molecule has 0 aliphatic heterocycles. The van der Waals surface area contributed by atoms with Crippen molar-refractivity contribution >= 4 is 34.2 Å². The van der Waals surface area contributed by atoms with E-state index in [0.717, 1.165) is 10.4 Å². The summed E-state index contributed by atoms with van der Waals surface area (Å²) in [5, 5.41) is 3.04. The quantitative estimate of drug-likeness (QED) is 0.610. The number of carbonyl (C=O) groups excluding carboxylic acids is 3. The zero-order valence-corrected chi connectivity index (χ0v) is 14.5. The SMILES string of the molecule is CC=CC(=O)OCC(=O)Nc1sc(C)c(CC)c1C(=O)OCC. The third kappa shape index (κ3) is 5.21. The predicted molar refractivity (Wildman–Crippen MR) is 88.8 cm³/mol. The Balaban J connectivity index is 2.89. The standard InChI is InChI=1S/C16H21NO5S/c1-5-8-13(19)22-9-12(18)17-15-14(16(20)21-7-3)11(6-2)10(4)23-15/h5,8H,6-7,9H2,1-4H3,(H,17,18). The van der Waals surface area contributed by atoms with Gasteiger partial charge in [0, 0.05) is 11.0 Å². The number of amides is 1. The van der Waals surface area contributed by atoms with Crippen LogP contribution in [0.25, 0.3) is 0 Å². The summed E-state index contributed by atoms with van der Waals surface area (Å²) in [7, 11) is 0. The van der Waals surface area contributed by atoms with E-state index in [0.29, 0.717) is 17.0 Å². The maximum atomic E-state index is 12.1. The first-order valence-electron chi connectivity index (χ1n) is 7.33. The molecule has 0 saturated heterocycles. The van der Waals surface area contributed by atoms with E-state index in [1.165, 1.54) is 23.5 Å². The van der Waals surface area contributed by atoms with E-state index in [2.05, 4.69) is 5.32 Å². The molecule has 0 spiro atoms. The Morgan fingerprint density at radius 3 is 2.48 bits per heavy atom. The second-order valence-electron chi connectivity index (χ2n) is 4.57. The molecule has 1 aromatic heterocycles. The Bertz CT molecular complexity index is 618. The van der Waals surface area contributed by atoms with Gasteiger partial charge in [0.1, 0.15) is 5.00 Å². The van der Waals surface area contributed by atoms with Gasteiger partial charge in [0.05, 0.1) is 12.2 Å². The number of nitrogens with one attached hydrogen (secondary N) is 1. The van der Waals surface area contributed by atoms with Crippen molar-refractivity contribution in [2.45, 2.75) is 34.1 Å². The van der Waals surface area contributed by atoms with Crippen molar-refractivity contribution in [3.63, 3.8) is 0 Å². The Hall–Kier alpha value is -2.15. The minimum Gasteiger partial charge on any atom is -0.462 e. The fourth-order valence-corrected chi connectivity index (χ4v) is 3.14. The van der Waals surface area contributed by atoms with Gasteiger partial charge in [0.25, 0.3) is 5.91 Å². The molecule has 23 heavy (non-hydrogen) atoms. The van der Waals surface area contributed by atoms with Crippen molar-refractivity contribution in [2.75, 3.05) is 18.5 Å². The highest BCUT2D eigenvalue weighted by Crippen LogP contribution is 2.34. The summed E-state index contributed by atoms with van der Waals surface area (Å²) in [6.07, 6.45) is 3.40. The van der Waals surface area contributed by atoms with Gasteiger partial charge < -0.3 is 14.8 Å². The normalized spacial score (nSPS) is 10.6. The molecule has 0 bridgehead atoms. The van der Waals surface area contributed by atoms with Crippen molar-refractivity contribution in [2.24, 2.45) is 0 Å². The van der Waals surface area contributed by atoms with Crippen LogP contribution in [-0.2, 0) is 25.5 Å². The number of anilines is 1. The van der Waals surface area contributed by atoms with Crippen LogP contribution < -0.4 is 5.32 Å². The minimum atomic E-state index is -0.593. The van der Waals surface area contributed by atoms with Gasteiger partial charge in [-0.05, 0) is 32.8 Å². The molecule has 0 aliphatic carbocycles. The molecular formula is C16H21NO5S. The lowest BCUT2D eigenvalue weighted by Crippen LogP contribution is -2.21. The highest BCUT2D eigenvalue weighted by atomic mass is 32.1. The number of thiophene rings is 1. The molecule has 7 heteroatoms. The summed E-state index contributed by atoms with van der Waals surface area (Å²) in [5.74, 6) is -1.56. The lowest BCUT2D eigenvalue weighted by Gasteiger charge is -2.08. The Morgan fingerprint density at radius 2 is 1.91 bits per heavy atom. The van der Waals surface area contributed by atoms with E-state index in [4.69, 9.17) is 9.47 Å². The number of esters is 2. The fraction of sp³-hybridized carbons (Fsp3) is 0.438. The molecule has 0 unspecified atom stereocenters. The van der Waals surface area contributed by atoms with Gasteiger partial charge in [-0.15, -0.1) is 11.3 Å². The second-order valence-corrected chi connectivity index (χ2v) is 5.80. The summed E-state index contributed by atoms with van der Waals surface area (Å²) in [5.41, 5.74) is 1.24. The molecule has 1 amide bonds. The maximum absolute atomic E-state index is 12.1. The van der Waals surface area contributed by atoms with E-state index in [-0.39, 0.29) is 6.61 Å². The minimum absolute atomic E-state index is 0.255. The van der Waals surface area contributed by atoms with Crippen LogP contribution in [0, 0.1) is 6.92 Å². The third-order valence-corrected chi connectivity index (χ3v) is 4.01. The van der Waals surface area contributed by atoms with Crippen LogP contribution in [-0.4, -0.2) is 31.1 Å². The molecule has 1 rings (SSSR count). The predicted octanol–water partition coefficient (Wildman–Crippen LogP) is 2.85. The maximum Gasteiger partial charge on any atom is 0.341 e. The molecule has 0 radical (unpaired) electrons. The summed E-state index contributed by atoms with van der Waals surface area (Å²) >= 11 is 1.31. The lowest BCUT2D eigenvalue weighted by molar-refractivity contribution is -0.142. The molecule has 0 atom stereocenters. The molecule has 0 aromatic carbocycles. The third-order valence-electron chi connectivity index (χ3n) is 2.94.